The van der Waals surface area contributed by atoms with Crippen LogP contribution in [0.2, 0.25) is 0 Å². The van der Waals surface area contributed by atoms with Crippen LogP contribution in [0.15, 0.2) is 23.1 Å². The lowest BCUT2D eigenvalue weighted by Gasteiger charge is -2.14. The molecule has 1 unspecified atom stereocenters. The van der Waals surface area contributed by atoms with E-state index in [1.165, 1.54) is 16.7 Å². The highest BCUT2D eigenvalue weighted by Crippen LogP contribution is 2.39. The Morgan fingerprint density at radius 3 is 2.74 bits per heavy atom. The van der Waals surface area contributed by atoms with Crippen molar-refractivity contribution in [3.05, 3.63) is 23.8 Å². The van der Waals surface area contributed by atoms with Gasteiger partial charge in [0.05, 0.1) is 5.25 Å². The number of para-hydroxylation sites is 1. The number of anilines is 1. The first-order chi connectivity index (χ1) is 9.08. The largest absolute Gasteiger partial charge is 0.398 e. The SMILES string of the molecule is Cc1cccc(SC2CC(=O)N(C3CC3)C2=O)c1N. The highest BCUT2D eigenvalue weighted by Gasteiger charge is 2.46. The molecule has 1 saturated carbocycles. The lowest BCUT2D eigenvalue weighted by molar-refractivity contribution is -0.138. The molecule has 1 heterocycles. The lowest BCUT2D eigenvalue weighted by atomic mass is 10.2. The average Bonchev–Trinajstić information content (AvgIpc) is 3.14. The number of carbonyl (C=O) groups is 2. The maximum absolute atomic E-state index is 12.2. The van der Waals surface area contributed by atoms with Crippen LogP contribution in [0, 0.1) is 6.92 Å². The molecule has 19 heavy (non-hydrogen) atoms. The van der Waals surface area contributed by atoms with E-state index in [9.17, 15) is 9.59 Å². The number of nitrogen functional groups attached to an aromatic ring is 1. The Kier molecular flexibility index (Phi) is 3.01. The van der Waals surface area contributed by atoms with Crippen LogP contribution in [0.1, 0.15) is 24.8 Å². The summed E-state index contributed by atoms with van der Waals surface area (Å²) in [5.74, 6) is -0.0744. The number of rotatable bonds is 3. The van der Waals surface area contributed by atoms with Gasteiger partial charge in [-0.15, -0.1) is 11.8 Å². The van der Waals surface area contributed by atoms with Crippen LogP contribution in [0.25, 0.3) is 0 Å². The monoisotopic (exact) mass is 276 g/mol. The van der Waals surface area contributed by atoms with Crippen molar-refractivity contribution < 1.29 is 9.59 Å². The molecule has 1 atom stereocenters. The zero-order valence-electron chi connectivity index (χ0n) is 10.8. The molecule has 0 spiro atoms. The number of hydrogen-bond acceptors (Lipinski definition) is 4. The highest BCUT2D eigenvalue weighted by molar-refractivity contribution is 8.00. The van der Waals surface area contributed by atoms with Gasteiger partial charge in [0.1, 0.15) is 0 Å². The maximum atomic E-state index is 12.2. The van der Waals surface area contributed by atoms with Crippen molar-refractivity contribution in [3.8, 4) is 0 Å². The van der Waals surface area contributed by atoms with E-state index in [2.05, 4.69) is 0 Å². The number of benzene rings is 1. The van der Waals surface area contributed by atoms with Gasteiger partial charge in [0, 0.05) is 23.0 Å². The van der Waals surface area contributed by atoms with Gasteiger partial charge < -0.3 is 5.73 Å². The molecule has 100 valence electrons. The topological polar surface area (TPSA) is 63.4 Å². The fourth-order valence-corrected chi connectivity index (χ4v) is 3.53. The van der Waals surface area contributed by atoms with Crippen molar-refractivity contribution in [1.29, 1.82) is 0 Å². The number of thioether (sulfide) groups is 1. The van der Waals surface area contributed by atoms with Crippen molar-refractivity contribution in [1.82, 2.24) is 4.90 Å². The molecule has 1 aromatic carbocycles. The summed E-state index contributed by atoms with van der Waals surface area (Å²) in [6.45, 7) is 1.94. The molecule has 2 N–H and O–H groups in total. The van der Waals surface area contributed by atoms with Gasteiger partial charge in [0.2, 0.25) is 11.8 Å². The summed E-state index contributed by atoms with van der Waals surface area (Å²) in [7, 11) is 0. The van der Waals surface area contributed by atoms with Gasteiger partial charge in [0.15, 0.2) is 0 Å². The van der Waals surface area contributed by atoms with E-state index in [1.807, 2.05) is 25.1 Å². The standard InChI is InChI=1S/C14H16N2O2S/c1-8-3-2-4-10(13(8)15)19-11-7-12(17)16(14(11)18)9-5-6-9/h2-4,9,11H,5-7,15H2,1H3. The average molecular weight is 276 g/mol. The third-order valence-electron chi connectivity index (χ3n) is 3.61. The van der Waals surface area contributed by atoms with E-state index in [-0.39, 0.29) is 23.1 Å². The summed E-state index contributed by atoms with van der Waals surface area (Å²) in [5, 5.41) is -0.308. The van der Waals surface area contributed by atoms with Crippen LogP contribution < -0.4 is 5.73 Å². The molecule has 0 bridgehead atoms. The van der Waals surface area contributed by atoms with Crippen LogP contribution in [0.4, 0.5) is 5.69 Å². The van der Waals surface area contributed by atoms with Crippen molar-refractivity contribution >= 4 is 29.3 Å². The molecule has 0 radical (unpaired) electrons. The predicted molar refractivity (Wildman–Crippen MR) is 74.7 cm³/mol. The summed E-state index contributed by atoms with van der Waals surface area (Å²) >= 11 is 1.42. The second-order valence-electron chi connectivity index (χ2n) is 5.13. The third-order valence-corrected chi connectivity index (χ3v) is 4.87. The lowest BCUT2D eigenvalue weighted by Crippen LogP contribution is -2.33. The van der Waals surface area contributed by atoms with Gasteiger partial charge in [-0.05, 0) is 31.4 Å². The van der Waals surface area contributed by atoms with Gasteiger partial charge in [-0.2, -0.15) is 0 Å². The Balaban J connectivity index is 1.79. The van der Waals surface area contributed by atoms with Gasteiger partial charge in [0.25, 0.3) is 0 Å². The number of nitrogens with zero attached hydrogens (tertiary/aromatic N) is 1. The van der Waals surface area contributed by atoms with Crippen LogP contribution in [0.3, 0.4) is 0 Å². The molecular formula is C14H16N2O2S. The van der Waals surface area contributed by atoms with Crippen LogP contribution in [-0.2, 0) is 9.59 Å². The van der Waals surface area contributed by atoms with E-state index >= 15 is 0 Å². The molecule has 1 saturated heterocycles. The number of aryl methyl sites for hydroxylation is 1. The third kappa shape index (κ3) is 2.23. The minimum absolute atomic E-state index is 0.0313. The van der Waals surface area contributed by atoms with Crippen molar-refractivity contribution in [2.45, 2.75) is 42.4 Å². The molecule has 2 aliphatic rings. The zero-order valence-corrected chi connectivity index (χ0v) is 11.6. The minimum Gasteiger partial charge on any atom is -0.398 e. The molecule has 1 aliphatic carbocycles. The second-order valence-corrected chi connectivity index (χ2v) is 6.38. The molecule has 1 aromatic rings. The van der Waals surface area contributed by atoms with E-state index in [0.717, 1.165) is 23.3 Å². The van der Waals surface area contributed by atoms with E-state index < -0.39 is 0 Å². The van der Waals surface area contributed by atoms with Gasteiger partial charge in [-0.25, -0.2) is 0 Å². The molecule has 2 fully saturated rings. The predicted octanol–water partition coefficient (Wildman–Crippen LogP) is 1.96. The molecule has 1 aliphatic heterocycles. The van der Waals surface area contributed by atoms with Crippen molar-refractivity contribution in [2.75, 3.05) is 5.73 Å². The first kappa shape index (κ1) is 12.5. The van der Waals surface area contributed by atoms with Gasteiger partial charge >= 0.3 is 0 Å². The normalized spacial score (nSPS) is 23.2. The van der Waals surface area contributed by atoms with Gasteiger partial charge in [-0.1, -0.05) is 12.1 Å². The summed E-state index contributed by atoms with van der Waals surface area (Å²) < 4.78 is 0. The number of hydrogen-bond donors (Lipinski definition) is 1. The Morgan fingerprint density at radius 1 is 1.32 bits per heavy atom. The van der Waals surface area contributed by atoms with E-state index in [1.54, 1.807) is 0 Å². The Morgan fingerprint density at radius 2 is 2.05 bits per heavy atom. The molecule has 5 heteroatoms. The fourth-order valence-electron chi connectivity index (χ4n) is 2.34. The Labute approximate surface area is 116 Å². The van der Waals surface area contributed by atoms with Crippen LogP contribution in [0.5, 0.6) is 0 Å². The molecule has 3 rings (SSSR count). The quantitative estimate of drug-likeness (QED) is 0.677. The Bertz CT molecular complexity index is 554. The number of nitrogens with two attached hydrogens (primary N) is 1. The smallest absolute Gasteiger partial charge is 0.243 e. The molecule has 0 aromatic heterocycles. The van der Waals surface area contributed by atoms with Crippen molar-refractivity contribution in [3.63, 3.8) is 0 Å². The summed E-state index contributed by atoms with van der Waals surface area (Å²) in [5.41, 5.74) is 7.72. The first-order valence-electron chi connectivity index (χ1n) is 6.45. The zero-order chi connectivity index (χ0) is 13.6. The number of imide groups is 1. The number of amides is 2. The van der Waals surface area contributed by atoms with E-state index in [4.69, 9.17) is 5.73 Å². The molecular weight excluding hydrogens is 260 g/mol. The summed E-state index contributed by atoms with van der Waals surface area (Å²) in [4.78, 5) is 26.5. The number of carbonyl (C=O) groups excluding carboxylic acids is 2. The van der Waals surface area contributed by atoms with Crippen molar-refractivity contribution in [2.24, 2.45) is 0 Å². The Hall–Kier alpha value is -1.49. The first-order valence-corrected chi connectivity index (χ1v) is 7.33. The van der Waals surface area contributed by atoms with E-state index in [0.29, 0.717) is 12.1 Å². The molecule has 2 amide bonds. The van der Waals surface area contributed by atoms with Gasteiger partial charge in [-0.3, -0.25) is 14.5 Å². The number of likely N-dealkylation sites (tertiary alicyclic amines) is 1. The molecule has 4 nitrogen and oxygen atoms in total. The second kappa shape index (κ2) is 4.56. The summed E-state index contributed by atoms with van der Waals surface area (Å²) in [6.07, 6.45) is 2.22. The highest BCUT2D eigenvalue weighted by atomic mass is 32.2. The van der Waals surface area contributed by atoms with Crippen LogP contribution in [-0.4, -0.2) is 28.0 Å². The summed E-state index contributed by atoms with van der Waals surface area (Å²) in [6, 6.07) is 5.94. The minimum atomic E-state index is -0.308. The fraction of sp³-hybridized carbons (Fsp3) is 0.429. The van der Waals surface area contributed by atoms with Crippen LogP contribution >= 0.6 is 11.8 Å². The maximum Gasteiger partial charge on any atom is 0.243 e.